The SMILES string of the molecule is CCCCNC(=O)[C@@H](C)N(Cc1ccccc1C)C(=O)CN(c1cccc(C)c1)S(=O)(=O)c1ccc(C)cc1. The van der Waals surface area contributed by atoms with Gasteiger partial charge in [-0.3, -0.25) is 13.9 Å². The number of carbonyl (C=O) groups excluding carboxylic acids is 2. The van der Waals surface area contributed by atoms with Crippen molar-refractivity contribution < 1.29 is 18.0 Å². The third kappa shape index (κ3) is 7.69. The van der Waals surface area contributed by atoms with E-state index in [9.17, 15) is 18.0 Å². The number of amides is 2. The Morgan fingerprint density at radius 2 is 1.59 bits per heavy atom. The van der Waals surface area contributed by atoms with Gasteiger partial charge in [0.2, 0.25) is 11.8 Å². The lowest BCUT2D eigenvalue weighted by Crippen LogP contribution is -2.51. The van der Waals surface area contributed by atoms with E-state index in [4.69, 9.17) is 0 Å². The number of benzene rings is 3. The Bertz CT molecular complexity index is 1390. The number of carbonyl (C=O) groups is 2. The summed E-state index contributed by atoms with van der Waals surface area (Å²) in [4.78, 5) is 28.6. The third-order valence-electron chi connectivity index (χ3n) is 6.78. The Morgan fingerprint density at radius 1 is 0.897 bits per heavy atom. The lowest BCUT2D eigenvalue weighted by molar-refractivity contribution is -0.139. The van der Waals surface area contributed by atoms with Crippen molar-refractivity contribution in [1.82, 2.24) is 10.2 Å². The highest BCUT2D eigenvalue weighted by molar-refractivity contribution is 7.92. The van der Waals surface area contributed by atoms with Crippen LogP contribution >= 0.6 is 0 Å². The van der Waals surface area contributed by atoms with E-state index >= 15 is 0 Å². The molecular weight excluding hydrogens is 510 g/mol. The van der Waals surface area contributed by atoms with Crippen LogP contribution in [0.15, 0.2) is 77.7 Å². The summed E-state index contributed by atoms with van der Waals surface area (Å²) in [6, 6.07) is 20.5. The van der Waals surface area contributed by atoms with Gasteiger partial charge in [-0.15, -0.1) is 0 Å². The second-order valence-corrected chi connectivity index (χ2v) is 11.8. The molecule has 0 radical (unpaired) electrons. The number of rotatable bonds is 12. The first-order valence-electron chi connectivity index (χ1n) is 13.3. The van der Waals surface area contributed by atoms with Crippen molar-refractivity contribution in [3.8, 4) is 0 Å². The van der Waals surface area contributed by atoms with E-state index in [0.717, 1.165) is 39.4 Å². The average molecular weight is 550 g/mol. The maximum Gasteiger partial charge on any atom is 0.264 e. The molecule has 0 saturated heterocycles. The molecule has 2 amide bonds. The van der Waals surface area contributed by atoms with Crippen molar-refractivity contribution in [3.63, 3.8) is 0 Å². The van der Waals surface area contributed by atoms with E-state index in [2.05, 4.69) is 5.32 Å². The van der Waals surface area contributed by atoms with Crippen LogP contribution in [0.4, 0.5) is 5.69 Å². The van der Waals surface area contributed by atoms with Gasteiger partial charge >= 0.3 is 0 Å². The molecule has 3 aromatic rings. The summed E-state index contributed by atoms with van der Waals surface area (Å²) >= 11 is 0. The van der Waals surface area contributed by atoms with Gasteiger partial charge in [-0.05, 0) is 75.1 Å². The minimum atomic E-state index is -4.08. The van der Waals surface area contributed by atoms with Crippen LogP contribution < -0.4 is 9.62 Å². The van der Waals surface area contributed by atoms with Crippen LogP contribution in [0.1, 0.15) is 48.9 Å². The van der Waals surface area contributed by atoms with E-state index in [1.165, 1.54) is 4.90 Å². The second-order valence-electron chi connectivity index (χ2n) is 9.93. The van der Waals surface area contributed by atoms with Crippen LogP contribution in [0.5, 0.6) is 0 Å². The van der Waals surface area contributed by atoms with Gasteiger partial charge in [0.15, 0.2) is 0 Å². The van der Waals surface area contributed by atoms with E-state index in [1.54, 1.807) is 49.4 Å². The molecule has 39 heavy (non-hydrogen) atoms. The Morgan fingerprint density at radius 3 is 2.23 bits per heavy atom. The topological polar surface area (TPSA) is 86.8 Å². The quantitative estimate of drug-likeness (QED) is 0.317. The molecule has 0 aromatic heterocycles. The Balaban J connectivity index is 2.01. The van der Waals surface area contributed by atoms with Crippen molar-refractivity contribution in [2.45, 2.75) is 64.9 Å². The second kappa shape index (κ2) is 13.4. The number of hydrogen-bond acceptors (Lipinski definition) is 4. The van der Waals surface area contributed by atoms with Gasteiger partial charge in [-0.25, -0.2) is 8.42 Å². The fraction of sp³-hybridized carbons (Fsp3) is 0.355. The van der Waals surface area contributed by atoms with Crippen LogP contribution in [0.2, 0.25) is 0 Å². The normalized spacial score (nSPS) is 12.0. The zero-order valence-electron chi connectivity index (χ0n) is 23.5. The zero-order valence-corrected chi connectivity index (χ0v) is 24.3. The molecule has 0 saturated carbocycles. The summed E-state index contributed by atoms with van der Waals surface area (Å²) in [5.41, 5.74) is 4.06. The first-order valence-corrected chi connectivity index (χ1v) is 14.8. The van der Waals surface area contributed by atoms with Gasteiger partial charge < -0.3 is 10.2 Å². The zero-order chi connectivity index (χ0) is 28.6. The molecule has 0 bridgehead atoms. The summed E-state index contributed by atoms with van der Waals surface area (Å²) in [6.45, 7) is 9.68. The number of anilines is 1. The standard InChI is InChI=1S/C31H39N3O4S/c1-6-7-19-32-31(36)26(5)33(21-27-13-9-8-12-25(27)4)30(35)22-34(28-14-10-11-24(3)20-28)39(37,38)29-17-15-23(2)16-18-29/h8-18,20,26H,6-7,19,21-22H2,1-5H3,(H,32,36)/t26-/m1/s1. The van der Waals surface area contributed by atoms with Crippen molar-refractivity contribution in [2.75, 3.05) is 17.4 Å². The Kier molecular flexibility index (Phi) is 10.3. The van der Waals surface area contributed by atoms with Crippen molar-refractivity contribution in [2.24, 2.45) is 0 Å². The molecule has 1 N–H and O–H groups in total. The first kappa shape index (κ1) is 29.9. The molecule has 3 rings (SSSR count). The molecule has 0 unspecified atom stereocenters. The lowest BCUT2D eigenvalue weighted by atomic mass is 10.1. The van der Waals surface area contributed by atoms with Crippen LogP contribution in [0.3, 0.4) is 0 Å². The number of sulfonamides is 1. The number of aryl methyl sites for hydroxylation is 3. The summed E-state index contributed by atoms with van der Waals surface area (Å²) in [6.07, 6.45) is 1.77. The highest BCUT2D eigenvalue weighted by atomic mass is 32.2. The summed E-state index contributed by atoms with van der Waals surface area (Å²) in [7, 11) is -4.08. The number of unbranched alkanes of at least 4 members (excludes halogenated alkanes) is 1. The average Bonchev–Trinajstić information content (AvgIpc) is 2.91. The number of nitrogens with one attached hydrogen (secondary N) is 1. The monoisotopic (exact) mass is 549 g/mol. The Hall–Kier alpha value is -3.65. The van der Waals surface area contributed by atoms with Gasteiger partial charge in [0.05, 0.1) is 10.6 Å². The third-order valence-corrected chi connectivity index (χ3v) is 8.56. The smallest absolute Gasteiger partial charge is 0.264 e. The largest absolute Gasteiger partial charge is 0.354 e. The molecule has 208 valence electrons. The molecule has 0 spiro atoms. The summed E-state index contributed by atoms with van der Waals surface area (Å²) in [5, 5.41) is 2.91. The van der Waals surface area contributed by atoms with Gasteiger partial charge in [0.1, 0.15) is 12.6 Å². The highest BCUT2D eigenvalue weighted by Gasteiger charge is 2.32. The van der Waals surface area contributed by atoms with Gasteiger partial charge in [0, 0.05) is 13.1 Å². The molecule has 0 aliphatic rings. The molecule has 0 aliphatic carbocycles. The molecule has 0 heterocycles. The lowest BCUT2D eigenvalue weighted by Gasteiger charge is -2.32. The predicted molar refractivity (Wildman–Crippen MR) is 156 cm³/mol. The molecule has 0 aliphatic heterocycles. The van der Waals surface area contributed by atoms with Crippen molar-refractivity contribution >= 4 is 27.5 Å². The predicted octanol–water partition coefficient (Wildman–Crippen LogP) is 5.14. The minimum Gasteiger partial charge on any atom is -0.354 e. The summed E-state index contributed by atoms with van der Waals surface area (Å²) < 4.78 is 28.9. The molecule has 8 heteroatoms. The van der Waals surface area contributed by atoms with Gasteiger partial charge in [0.25, 0.3) is 10.0 Å². The van der Waals surface area contributed by atoms with Crippen molar-refractivity contribution in [1.29, 1.82) is 0 Å². The Labute approximate surface area is 232 Å². The fourth-order valence-corrected chi connectivity index (χ4v) is 5.65. The molecule has 1 atom stereocenters. The molecule has 7 nitrogen and oxygen atoms in total. The fourth-order valence-electron chi connectivity index (χ4n) is 4.24. The van der Waals surface area contributed by atoms with Gasteiger partial charge in [-0.2, -0.15) is 0 Å². The number of nitrogens with zero attached hydrogens (tertiary/aromatic N) is 2. The van der Waals surface area contributed by atoms with Crippen molar-refractivity contribution in [3.05, 3.63) is 95.1 Å². The highest BCUT2D eigenvalue weighted by Crippen LogP contribution is 2.26. The molecule has 0 fully saturated rings. The van der Waals surface area contributed by atoms with Crippen LogP contribution in [0.25, 0.3) is 0 Å². The number of hydrogen-bond donors (Lipinski definition) is 1. The van der Waals surface area contributed by atoms with E-state index in [1.807, 2.05) is 58.0 Å². The van der Waals surface area contributed by atoms with E-state index in [-0.39, 0.29) is 17.3 Å². The first-order chi connectivity index (χ1) is 18.5. The van der Waals surface area contributed by atoms with E-state index in [0.29, 0.717) is 12.2 Å². The van der Waals surface area contributed by atoms with Gasteiger partial charge in [-0.1, -0.05) is 67.4 Å². The van der Waals surface area contributed by atoms with Crippen LogP contribution in [-0.2, 0) is 26.2 Å². The van der Waals surface area contributed by atoms with Crippen LogP contribution in [0, 0.1) is 20.8 Å². The summed E-state index contributed by atoms with van der Waals surface area (Å²) in [5.74, 6) is -0.734. The molecular formula is C31H39N3O4S. The maximum atomic E-state index is 14.0. The van der Waals surface area contributed by atoms with Crippen LogP contribution in [-0.4, -0.2) is 44.3 Å². The molecule has 3 aromatic carbocycles. The maximum absolute atomic E-state index is 14.0. The minimum absolute atomic E-state index is 0.0956. The van der Waals surface area contributed by atoms with E-state index < -0.39 is 28.5 Å².